The monoisotopic (exact) mass is 551 g/mol. The summed E-state index contributed by atoms with van der Waals surface area (Å²) in [4.78, 5) is 25.0. The number of nitrogens with one attached hydrogen (secondary N) is 1. The largest absolute Gasteiger partial charge is 0.496 e. The Labute approximate surface area is 231 Å². The van der Waals surface area contributed by atoms with Gasteiger partial charge in [-0.3, -0.25) is 4.79 Å². The fraction of sp³-hybridized carbons (Fsp3) is 0.300. The summed E-state index contributed by atoms with van der Waals surface area (Å²) in [5, 5.41) is 4.01. The van der Waals surface area contributed by atoms with E-state index in [-0.39, 0.29) is 12.3 Å². The van der Waals surface area contributed by atoms with Crippen LogP contribution in [0.4, 0.5) is 30.4 Å². The van der Waals surface area contributed by atoms with Crippen LogP contribution in [0.1, 0.15) is 35.5 Å². The predicted molar refractivity (Wildman–Crippen MR) is 151 cm³/mol. The Morgan fingerprint density at radius 1 is 1.00 bits per heavy atom. The molecule has 0 aliphatic heterocycles. The number of carbonyl (C=O) groups is 1. The molecule has 40 heavy (non-hydrogen) atoms. The maximum absolute atomic E-state index is 13.3. The number of nitrogens with zero attached hydrogens (tertiary/aromatic N) is 4. The summed E-state index contributed by atoms with van der Waals surface area (Å²) in [6.45, 7) is 3.57. The molecule has 1 aromatic heterocycles. The molecule has 0 fully saturated rings. The van der Waals surface area contributed by atoms with Crippen molar-refractivity contribution in [2.75, 3.05) is 38.5 Å². The number of hydrogen-bond acceptors (Lipinski definition) is 6. The second kappa shape index (κ2) is 11.4. The zero-order chi connectivity index (χ0) is 29.2. The molecular formula is C30H32F3N5O2. The highest BCUT2D eigenvalue weighted by atomic mass is 19.4. The number of methoxy groups -OCH3 is 1. The number of carbonyl (C=O) groups excluding carboxylic acids is 1. The van der Waals surface area contributed by atoms with Crippen molar-refractivity contribution in [2.24, 2.45) is 0 Å². The number of likely N-dealkylation sites (N-methyl/N-ethyl adjacent to an activating group) is 1. The number of amides is 1. The maximum atomic E-state index is 13.3. The molecule has 0 saturated carbocycles. The lowest BCUT2D eigenvalue weighted by Crippen LogP contribution is -2.23. The Morgan fingerprint density at radius 3 is 2.38 bits per heavy atom. The third kappa shape index (κ3) is 6.27. The molecule has 0 radical (unpaired) electrons. The molecule has 10 heteroatoms. The van der Waals surface area contributed by atoms with Crippen LogP contribution < -0.4 is 15.0 Å². The molecule has 3 aromatic carbocycles. The lowest BCUT2D eigenvalue weighted by Gasteiger charge is -2.23. The average Bonchev–Trinajstić information content (AvgIpc) is 2.91. The normalized spacial score (nSPS) is 12.2. The van der Waals surface area contributed by atoms with Crippen LogP contribution in [0.3, 0.4) is 0 Å². The Bertz CT molecular complexity index is 1540. The topological polar surface area (TPSA) is 70.6 Å². The Balaban J connectivity index is 1.68. The third-order valence-corrected chi connectivity index (χ3v) is 6.74. The van der Waals surface area contributed by atoms with Gasteiger partial charge in [-0.2, -0.15) is 13.2 Å². The van der Waals surface area contributed by atoms with E-state index >= 15 is 0 Å². The fourth-order valence-electron chi connectivity index (χ4n) is 4.41. The number of halogens is 3. The van der Waals surface area contributed by atoms with E-state index in [2.05, 4.69) is 15.3 Å². The van der Waals surface area contributed by atoms with E-state index in [9.17, 15) is 18.0 Å². The summed E-state index contributed by atoms with van der Waals surface area (Å²) in [6, 6.07) is 16.2. The number of ether oxygens (including phenoxy) is 1. The van der Waals surface area contributed by atoms with E-state index < -0.39 is 17.8 Å². The van der Waals surface area contributed by atoms with Crippen molar-refractivity contribution in [3.8, 4) is 5.75 Å². The molecular weight excluding hydrogens is 519 g/mol. The standard InChI is InChI=1S/C30H32F3N5O2/c1-18(20-8-7-9-22(14-20)30(31,32)33)34-29-25-17-24(10-12-26(25)35-19(2)36-29)38(5)23-11-13-27(40-6)21(15-23)16-28(39)37(3)4/h7-15,17-18H,16H2,1-6H3,(H,34,35,36)/t18-/m1/s1. The van der Waals surface area contributed by atoms with Crippen LogP contribution >= 0.6 is 0 Å². The van der Waals surface area contributed by atoms with Crippen molar-refractivity contribution in [3.63, 3.8) is 0 Å². The highest BCUT2D eigenvalue weighted by Gasteiger charge is 2.30. The molecule has 4 rings (SSSR count). The number of fused-ring (bicyclic) bond motifs is 1. The number of rotatable bonds is 8. The summed E-state index contributed by atoms with van der Waals surface area (Å²) in [5.41, 5.74) is 2.95. The first-order chi connectivity index (χ1) is 18.9. The molecule has 0 bridgehead atoms. The van der Waals surface area contributed by atoms with E-state index in [1.54, 1.807) is 41.1 Å². The second-order valence-corrected chi connectivity index (χ2v) is 9.83. The van der Waals surface area contributed by atoms with Crippen LogP contribution in [0.5, 0.6) is 5.75 Å². The van der Waals surface area contributed by atoms with E-state index in [0.717, 1.165) is 34.5 Å². The van der Waals surface area contributed by atoms with Crippen molar-refractivity contribution >= 4 is 34.0 Å². The van der Waals surface area contributed by atoms with Gasteiger partial charge in [-0.25, -0.2) is 9.97 Å². The number of anilines is 3. The smallest absolute Gasteiger partial charge is 0.416 e. The minimum absolute atomic E-state index is 0.0399. The van der Waals surface area contributed by atoms with Crippen molar-refractivity contribution in [2.45, 2.75) is 32.5 Å². The summed E-state index contributed by atoms with van der Waals surface area (Å²) in [7, 11) is 6.91. The van der Waals surface area contributed by atoms with Crippen molar-refractivity contribution in [1.29, 1.82) is 0 Å². The fourth-order valence-corrected chi connectivity index (χ4v) is 4.41. The van der Waals surface area contributed by atoms with Crippen LogP contribution in [0.25, 0.3) is 10.9 Å². The molecule has 1 N–H and O–H groups in total. The second-order valence-electron chi connectivity index (χ2n) is 9.83. The van der Waals surface area contributed by atoms with Gasteiger partial charge in [0.25, 0.3) is 0 Å². The van der Waals surface area contributed by atoms with E-state index in [1.165, 1.54) is 11.0 Å². The van der Waals surface area contributed by atoms with Gasteiger partial charge in [-0.05, 0) is 67.9 Å². The molecule has 1 amide bonds. The van der Waals surface area contributed by atoms with Crippen molar-refractivity contribution < 1.29 is 22.7 Å². The molecule has 0 aliphatic rings. The highest BCUT2D eigenvalue weighted by molar-refractivity contribution is 5.92. The number of aromatic nitrogens is 2. The maximum Gasteiger partial charge on any atom is 0.416 e. The van der Waals surface area contributed by atoms with Gasteiger partial charge in [0.15, 0.2) is 0 Å². The van der Waals surface area contributed by atoms with Gasteiger partial charge >= 0.3 is 6.18 Å². The van der Waals surface area contributed by atoms with Gasteiger partial charge in [0.1, 0.15) is 17.4 Å². The van der Waals surface area contributed by atoms with Crippen LogP contribution in [0.2, 0.25) is 0 Å². The first-order valence-corrected chi connectivity index (χ1v) is 12.7. The van der Waals surface area contributed by atoms with Gasteiger partial charge in [-0.15, -0.1) is 0 Å². The SMILES string of the molecule is COc1ccc(N(C)c2ccc3nc(C)nc(N[C@H](C)c4cccc(C(F)(F)F)c4)c3c2)cc1CC(=O)N(C)C. The van der Waals surface area contributed by atoms with Gasteiger partial charge in [0.2, 0.25) is 5.91 Å². The van der Waals surface area contributed by atoms with Crippen molar-refractivity contribution in [3.05, 3.63) is 83.2 Å². The molecule has 1 heterocycles. The molecule has 0 saturated heterocycles. The van der Waals surface area contributed by atoms with E-state index in [1.807, 2.05) is 48.3 Å². The zero-order valence-corrected chi connectivity index (χ0v) is 23.3. The number of aryl methyl sites for hydroxylation is 1. The number of benzene rings is 3. The number of hydrogen-bond donors (Lipinski definition) is 1. The summed E-state index contributed by atoms with van der Waals surface area (Å²) in [6.07, 6.45) is -4.22. The summed E-state index contributed by atoms with van der Waals surface area (Å²) >= 11 is 0. The van der Waals surface area contributed by atoms with E-state index in [0.29, 0.717) is 28.5 Å². The lowest BCUT2D eigenvalue weighted by atomic mass is 10.0. The Hall–Kier alpha value is -4.34. The Morgan fingerprint density at radius 2 is 1.70 bits per heavy atom. The van der Waals surface area contributed by atoms with Crippen LogP contribution in [-0.4, -0.2) is 49.0 Å². The molecule has 7 nitrogen and oxygen atoms in total. The van der Waals surface area contributed by atoms with Gasteiger partial charge in [0.05, 0.1) is 24.6 Å². The van der Waals surface area contributed by atoms with Crippen LogP contribution in [-0.2, 0) is 17.4 Å². The third-order valence-electron chi connectivity index (χ3n) is 6.74. The zero-order valence-electron chi connectivity index (χ0n) is 23.3. The quantitative estimate of drug-likeness (QED) is 0.268. The summed E-state index contributed by atoms with van der Waals surface area (Å²) in [5.74, 6) is 1.65. The van der Waals surface area contributed by atoms with Gasteiger partial charge < -0.3 is 19.9 Å². The molecule has 1 atom stereocenters. The first kappa shape index (κ1) is 28.7. The molecule has 0 unspecified atom stereocenters. The lowest BCUT2D eigenvalue weighted by molar-refractivity contribution is -0.137. The van der Waals surface area contributed by atoms with Gasteiger partial charge in [-0.1, -0.05) is 12.1 Å². The molecule has 0 aliphatic carbocycles. The average molecular weight is 552 g/mol. The number of alkyl halides is 3. The molecule has 210 valence electrons. The van der Waals surface area contributed by atoms with Crippen LogP contribution in [0.15, 0.2) is 60.7 Å². The first-order valence-electron chi connectivity index (χ1n) is 12.7. The minimum atomic E-state index is -4.42. The highest BCUT2D eigenvalue weighted by Crippen LogP contribution is 2.34. The van der Waals surface area contributed by atoms with Crippen molar-refractivity contribution in [1.82, 2.24) is 14.9 Å². The molecule has 4 aromatic rings. The minimum Gasteiger partial charge on any atom is -0.496 e. The van der Waals surface area contributed by atoms with Crippen LogP contribution in [0, 0.1) is 6.92 Å². The predicted octanol–water partition coefficient (Wildman–Crippen LogP) is 6.54. The molecule has 0 spiro atoms. The van der Waals surface area contributed by atoms with Gasteiger partial charge in [0, 0.05) is 49.5 Å². The Kier molecular flexibility index (Phi) is 8.18. The summed E-state index contributed by atoms with van der Waals surface area (Å²) < 4.78 is 45.3. The van der Waals surface area contributed by atoms with E-state index in [4.69, 9.17) is 4.74 Å².